The minimum atomic E-state index is -2.44. The van der Waals surface area contributed by atoms with Crippen LogP contribution in [-0.2, 0) is 34.1 Å². The van der Waals surface area contributed by atoms with Crippen molar-refractivity contribution in [2.45, 2.75) is 43.7 Å². The normalized spacial score (nSPS) is 22.1. The molecule has 1 spiro atoms. The van der Waals surface area contributed by atoms with Gasteiger partial charge in [-0.05, 0) is 36.6 Å². The van der Waals surface area contributed by atoms with Gasteiger partial charge in [0.25, 0.3) is 5.69 Å². The van der Waals surface area contributed by atoms with E-state index in [1.165, 1.54) is 31.2 Å². The lowest BCUT2D eigenvalue weighted by molar-refractivity contribution is -0.384. The summed E-state index contributed by atoms with van der Waals surface area (Å²) < 4.78 is 11.0. The first-order valence-corrected chi connectivity index (χ1v) is 13.5. The van der Waals surface area contributed by atoms with Gasteiger partial charge in [-0.1, -0.05) is 60.7 Å². The number of non-ortho nitro benzene ring substituents is 1. The number of benzene rings is 3. The number of carbonyl (C=O) groups excluding carboxylic acids is 4. The number of nitrogens with one attached hydrogen (secondary N) is 1. The molecule has 216 valence electrons. The Morgan fingerprint density at radius 2 is 1.45 bits per heavy atom. The lowest BCUT2D eigenvalue weighted by atomic mass is 9.58. The second kappa shape index (κ2) is 10.8. The van der Waals surface area contributed by atoms with Crippen LogP contribution in [0.2, 0.25) is 0 Å². The second-order valence-electron chi connectivity index (χ2n) is 10.0. The molecule has 3 aromatic rings. The van der Waals surface area contributed by atoms with Crippen LogP contribution in [0.4, 0.5) is 11.4 Å². The van der Waals surface area contributed by atoms with Crippen molar-refractivity contribution in [3.63, 3.8) is 0 Å². The Labute approximate surface area is 241 Å². The maximum Gasteiger partial charge on any atom is 0.339 e. The molecule has 2 heterocycles. The molecule has 3 atom stereocenters. The minimum Gasteiger partial charge on any atom is -0.464 e. The predicted molar refractivity (Wildman–Crippen MR) is 150 cm³/mol. The topological polar surface area (TPSA) is 145 Å². The van der Waals surface area contributed by atoms with Crippen molar-refractivity contribution in [3.8, 4) is 0 Å². The van der Waals surface area contributed by atoms with Crippen LogP contribution in [0.1, 0.15) is 49.4 Å². The van der Waals surface area contributed by atoms with Crippen LogP contribution in [0.25, 0.3) is 0 Å². The fraction of sp³-hybridized carbons (Fsp3) is 0.290. The highest BCUT2D eigenvalue weighted by atomic mass is 16.6. The van der Waals surface area contributed by atoms with Crippen molar-refractivity contribution in [2.24, 2.45) is 0 Å². The molecule has 5 rings (SSSR count). The number of nitrogens with zero attached hydrogens (tertiary/aromatic N) is 2. The third-order valence-electron chi connectivity index (χ3n) is 7.97. The highest BCUT2D eigenvalue weighted by Crippen LogP contribution is 2.64. The largest absolute Gasteiger partial charge is 0.464 e. The van der Waals surface area contributed by atoms with Crippen molar-refractivity contribution in [3.05, 3.63) is 106 Å². The molecule has 2 aliphatic rings. The molecule has 42 heavy (non-hydrogen) atoms. The van der Waals surface area contributed by atoms with Crippen molar-refractivity contribution >= 4 is 35.1 Å². The first-order chi connectivity index (χ1) is 20.2. The Bertz CT molecular complexity index is 1550. The Morgan fingerprint density at radius 3 is 2.00 bits per heavy atom. The number of nitro benzene ring substituents is 1. The van der Waals surface area contributed by atoms with Gasteiger partial charge in [0.1, 0.15) is 5.41 Å². The van der Waals surface area contributed by atoms with Crippen LogP contribution in [0.3, 0.4) is 0 Å². The number of hydrogen-bond donors (Lipinski definition) is 1. The standard InChI is InChI=1S/C31H29N3O8/c1-4-41-28(37)31(29(38)42-5-2)30(23-13-9-10-14-24(23)33(19(3)35)27(30)36)25(20-11-7-6-8-12-20)26(32-31)21-15-17-22(18-16-21)34(39)40/h6-18,25-26,32H,4-5H2,1-3H3/t25-,26-,30-/m1/s1. The number of rotatable bonds is 7. The molecule has 1 saturated heterocycles. The first-order valence-electron chi connectivity index (χ1n) is 13.5. The fourth-order valence-electron chi connectivity index (χ4n) is 6.48. The first kappa shape index (κ1) is 28.6. The van der Waals surface area contributed by atoms with Gasteiger partial charge in [0, 0.05) is 31.0 Å². The monoisotopic (exact) mass is 571 g/mol. The second-order valence-corrected chi connectivity index (χ2v) is 10.0. The van der Waals surface area contributed by atoms with E-state index in [4.69, 9.17) is 9.47 Å². The van der Waals surface area contributed by atoms with E-state index in [-0.39, 0.29) is 30.2 Å². The number of amides is 2. The van der Waals surface area contributed by atoms with Gasteiger partial charge < -0.3 is 9.47 Å². The predicted octanol–water partition coefficient (Wildman–Crippen LogP) is 3.72. The van der Waals surface area contributed by atoms with Crippen molar-refractivity contribution in [1.29, 1.82) is 0 Å². The number of carbonyl (C=O) groups is 4. The quantitative estimate of drug-likeness (QED) is 0.194. The van der Waals surface area contributed by atoms with Crippen molar-refractivity contribution in [2.75, 3.05) is 18.1 Å². The summed E-state index contributed by atoms with van der Waals surface area (Å²) in [5.41, 5.74) is -3.09. The molecule has 1 fully saturated rings. The molecule has 3 aromatic carbocycles. The van der Waals surface area contributed by atoms with Crippen molar-refractivity contribution < 1.29 is 33.6 Å². The average molecular weight is 572 g/mol. The minimum absolute atomic E-state index is 0.109. The van der Waals surface area contributed by atoms with E-state index in [0.717, 1.165) is 4.90 Å². The van der Waals surface area contributed by atoms with Gasteiger partial charge in [-0.2, -0.15) is 0 Å². The SMILES string of the molecule is CCOC(=O)C1(C(=O)OCC)N[C@H](c2ccc([N+](=O)[O-])cc2)[C@@H](c2ccccc2)[C@]12C(=O)N(C(C)=O)c1ccccc12. The van der Waals surface area contributed by atoms with Crippen LogP contribution < -0.4 is 10.2 Å². The molecule has 0 unspecified atom stereocenters. The number of nitro groups is 1. The maximum atomic E-state index is 14.9. The van der Waals surface area contributed by atoms with Gasteiger partial charge >= 0.3 is 11.9 Å². The summed E-state index contributed by atoms with van der Waals surface area (Å²) in [7, 11) is 0. The van der Waals surface area contributed by atoms with Gasteiger partial charge in [0.05, 0.1) is 23.8 Å². The molecular weight excluding hydrogens is 542 g/mol. The summed E-state index contributed by atoms with van der Waals surface area (Å²) in [5.74, 6) is -4.45. The number of imide groups is 1. The third kappa shape index (κ3) is 3.92. The van der Waals surface area contributed by atoms with E-state index in [0.29, 0.717) is 11.1 Å². The van der Waals surface area contributed by atoms with Gasteiger partial charge in [-0.25, -0.2) is 14.5 Å². The molecule has 1 N–H and O–H groups in total. The Hall–Kier alpha value is -4.90. The van der Waals surface area contributed by atoms with Gasteiger partial charge in [-0.15, -0.1) is 0 Å². The highest BCUT2D eigenvalue weighted by Gasteiger charge is 2.80. The van der Waals surface area contributed by atoms with Gasteiger partial charge in [0.15, 0.2) is 0 Å². The van der Waals surface area contributed by atoms with E-state index in [1.807, 2.05) is 0 Å². The van der Waals surface area contributed by atoms with Crippen LogP contribution >= 0.6 is 0 Å². The van der Waals surface area contributed by atoms with E-state index in [1.54, 1.807) is 68.4 Å². The summed E-state index contributed by atoms with van der Waals surface area (Å²) >= 11 is 0. The fourth-order valence-corrected chi connectivity index (χ4v) is 6.48. The van der Waals surface area contributed by atoms with E-state index < -0.39 is 51.6 Å². The molecule has 0 saturated carbocycles. The molecule has 0 bridgehead atoms. The molecule has 0 aliphatic carbocycles. The van der Waals surface area contributed by atoms with Crippen LogP contribution in [-0.4, -0.2) is 47.4 Å². The number of ether oxygens (including phenoxy) is 2. The summed E-state index contributed by atoms with van der Waals surface area (Å²) in [5, 5.41) is 14.6. The third-order valence-corrected chi connectivity index (χ3v) is 7.97. The Balaban J connectivity index is 1.94. The van der Waals surface area contributed by atoms with Crippen molar-refractivity contribution in [1.82, 2.24) is 5.32 Å². The number of fused-ring (bicyclic) bond motifs is 2. The zero-order chi connectivity index (χ0) is 30.2. The zero-order valence-corrected chi connectivity index (χ0v) is 23.2. The molecule has 0 radical (unpaired) electrons. The zero-order valence-electron chi connectivity index (χ0n) is 23.2. The molecule has 0 aromatic heterocycles. The average Bonchev–Trinajstić information content (AvgIpc) is 3.45. The van der Waals surface area contributed by atoms with E-state index in [2.05, 4.69) is 5.32 Å². The molecule has 11 nitrogen and oxygen atoms in total. The molecule has 2 aliphatic heterocycles. The van der Waals surface area contributed by atoms with Crippen LogP contribution in [0, 0.1) is 10.1 Å². The maximum absolute atomic E-state index is 14.9. The summed E-state index contributed by atoms with van der Waals surface area (Å²) in [6.45, 7) is 4.17. The number of anilines is 1. The molecule has 2 amide bonds. The van der Waals surface area contributed by atoms with Crippen LogP contribution in [0.15, 0.2) is 78.9 Å². The Kier molecular flexibility index (Phi) is 7.38. The highest BCUT2D eigenvalue weighted by molar-refractivity contribution is 6.28. The van der Waals surface area contributed by atoms with Gasteiger partial charge in [-0.3, -0.25) is 25.0 Å². The van der Waals surface area contributed by atoms with E-state index >= 15 is 0 Å². The number of para-hydroxylation sites is 1. The van der Waals surface area contributed by atoms with Gasteiger partial charge in [0.2, 0.25) is 17.4 Å². The molecule has 11 heteroatoms. The Morgan fingerprint density at radius 1 is 0.881 bits per heavy atom. The summed E-state index contributed by atoms with van der Waals surface area (Å²) in [4.78, 5) is 68.3. The van der Waals surface area contributed by atoms with E-state index in [9.17, 15) is 29.3 Å². The molecular formula is C31H29N3O8. The smallest absolute Gasteiger partial charge is 0.339 e. The van der Waals surface area contributed by atoms with Crippen LogP contribution in [0.5, 0.6) is 0 Å². The summed E-state index contributed by atoms with van der Waals surface area (Å²) in [6.07, 6.45) is 0. The lowest BCUT2D eigenvalue weighted by Gasteiger charge is -2.40. The summed E-state index contributed by atoms with van der Waals surface area (Å²) in [6, 6.07) is 20.1. The number of esters is 2. The lowest BCUT2D eigenvalue weighted by Crippen LogP contribution is -2.70. The number of hydrogen-bond acceptors (Lipinski definition) is 9.